The van der Waals surface area contributed by atoms with Crippen molar-refractivity contribution < 1.29 is 24.2 Å². The molecule has 1 heterocycles. The monoisotopic (exact) mass is 346 g/mol. The van der Waals surface area contributed by atoms with Crippen molar-refractivity contribution in [2.24, 2.45) is 0 Å². The summed E-state index contributed by atoms with van der Waals surface area (Å²) in [6, 6.07) is 9.72. The molecule has 0 saturated heterocycles. The van der Waals surface area contributed by atoms with Gasteiger partial charge in [0, 0.05) is 23.1 Å². The third kappa shape index (κ3) is 3.04. The standard InChI is InChI=1S/C17H11ClO6/c18-12-2-1-3-13(20)16(12)17(22)23-8-9-6-15(21)24-14-7-10(19)4-5-11(9)14/h1-7,19-20H,8H2. The summed E-state index contributed by atoms with van der Waals surface area (Å²) in [6.07, 6.45) is 0. The number of hydrogen-bond acceptors (Lipinski definition) is 6. The lowest BCUT2D eigenvalue weighted by molar-refractivity contribution is 0.0470. The number of ether oxygens (including phenoxy) is 1. The maximum Gasteiger partial charge on any atom is 0.343 e. The molecule has 122 valence electrons. The van der Waals surface area contributed by atoms with Gasteiger partial charge in [-0.15, -0.1) is 0 Å². The Morgan fingerprint density at radius 3 is 2.71 bits per heavy atom. The molecule has 24 heavy (non-hydrogen) atoms. The Morgan fingerprint density at radius 2 is 1.96 bits per heavy atom. The van der Waals surface area contributed by atoms with Gasteiger partial charge >= 0.3 is 11.6 Å². The average Bonchev–Trinajstić information content (AvgIpc) is 2.51. The molecule has 0 aliphatic rings. The van der Waals surface area contributed by atoms with Crippen LogP contribution < -0.4 is 5.63 Å². The summed E-state index contributed by atoms with van der Waals surface area (Å²) < 4.78 is 10.1. The highest BCUT2D eigenvalue weighted by Gasteiger charge is 2.17. The molecule has 2 N–H and O–H groups in total. The van der Waals surface area contributed by atoms with Crippen molar-refractivity contribution in [3.8, 4) is 11.5 Å². The van der Waals surface area contributed by atoms with Crippen LogP contribution in [0.3, 0.4) is 0 Å². The van der Waals surface area contributed by atoms with Gasteiger partial charge in [-0.05, 0) is 24.3 Å². The number of hydrogen-bond donors (Lipinski definition) is 2. The normalized spacial score (nSPS) is 10.7. The van der Waals surface area contributed by atoms with Crippen LogP contribution in [-0.2, 0) is 11.3 Å². The number of rotatable bonds is 3. The fourth-order valence-corrected chi connectivity index (χ4v) is 2.52. The molecular weight excluding hydrogens is 336 g/mol. The van der Waals surface area contributed by atoms with Crippen LogP contribution in [0, 0.1) is 0 Å². The number of phenols is 2. The van der Waals surface area contributed by atoms with Crippen molar-refractivity contribution in [3.63, 3.8) is 0 Å². The third-order valence-electron chi connectivity index (χ3n) is 3.37. The Hall–Kier alpha value is -2.99. The van der Waals surface area contributed by atoms with Crippen LogP contribution in [0.15, 0.2) is 51.7 Å². The lowest BCUT2D eigenvalue weighted by Gasteiger charge is -2.09. The average molecular weight is 347 g/mol. The number of halogens is 1. The van der Waals surface area contributed by atoms with E-state index in [1.165, 1.54) is 36.4 Å². The van der Waals surface area contributed by atoms with E-state index in [1.54, 1.807) is 6.07 Å². The minimum Gasteiger partial charge on any atom is -0.508 e. The maximum absolute atomic E-state index is 12.1. The van der Waals surface area contributed by atoms with Gasteiger partial charge in [0.05, 0.1) is 5.02 Å². The molecule has 2 aromatic carbocycles. The fourth-order valence-electron chi connectivity index (χ4n) is 2.27. The number of fused-ring (bicyclic) bond motifs is 1. The van der Waals surface area contributed by atoms with Crippen molar-refractivity contribution in [2.45, 2.75) is 6.61 Å². The zero-order chi connectivity index (χ0) is 17.3. The Labute approximate surface area is 140 Å². The molecule has 0 amide bonds. The first-order valence-corrected chi connectivity index (χ1v) is 7.24. The molecule has 0 fully saturated rings. The SMILES string of the molecule is O=C(OCc1cc(=O)oc2cc(O)ccc12)c1c(O)cccc1Cl. The first kappa shape index (κ1) is 15.9. The van der Waals surface area contributed by atoms with Crippen molar-refractivity contribution >= 4 is 28.5 Å². The first-order chi connectivity index (χ1) is 11.5. The zero-order valence-corrected chi connectivity index (χ0v) is 12.9. The molecule has 0 atom stereocenters. The summed E-state index contributed by atoms with van der Waals surface area (Å²) in [5.74, 6) is -1.17. The van der Waals surface area contributed by atoms with E-state index in [4.69, 9.17) is 20.8 Å². The van der Waals surface area contributed by atoms with Gasteiger partial charge in [-0.1, -0.05) is 17.7 Å². The van der Waals surface area contributed by atoms with Crippen LogP contribution in [0.5, 0.6) is 11.5 Å². The minimum atomic E-state index is -0.821. The molecular formula is C17H11ClO6. The van der Waals surface area contributed by atoms with E-state index in [9.17, 15) is 19.8 Å². The number of carbonyl (C=O) groups excluding carboxylic acids is 1. The molecule has 0 saturated carbocycles. The van der Waals surface area contributed by atoms with E-state index < -0.39 is 11.6 Å². The quantitative estimate of drug-likeness (QED) is 0.558. The molecule has 0 bridgehead atoms. The summed E-state index contributed by atoms with van der Waals surface area (Å²) in [5, 5.41) is 19.8. The number of phenolic OH excluding ortho intramolecular Hbond substituents is 2. The van der Waals surface area contributed by atoms with Crippen molar-refractivity contribution in [1.82, 2.24) is 0 Å². The highest BCUT2D eigenvalue weighted by atomic mass is 35.5. The summed E-state index contributed by atoms with van der Waals surface area (Å²) in [6.45, 7) is -0.226. The summed E-state index contributed by atoms with van der Waals surface area (Å²) in [4.78, 5) is 23.7. The Morgan fingerprint density at radius 1 is 1.17 bits per heavy atom. The van der Waals surface area contributed by atoms with E-state index in [0.717, 1.165) is 0 Å². The largest absolute Gasteiger partial charge is 0.508 e. The number of carbonyl (C=O) groups is 1. The van der Waals surface area contributed by atoms with Gasteiger partial charge in [0.15, 0.2) is 0 Å². The lowest BCUT2D eigenvalue weighted by atomic mass is 10.1. The lowest BCUT2D eigenvalue weighted by Crippen LogP contribution is -2.08. The van der Waals surface area contributed by atoms with E-state index in [2.05, 4.69) is 0 Å². The summed E-state index contributed by atoms with van der Waals surface area (Å²) >= 11 is 5.89. The van der Waals surface area contributed by atoms with Gasteiger partial charge in [0.25, 0.3) is 0 Å². The number of benzene rings is 2. The number of esters is 1. The molecule has 1 aromatic heterocycles. The van der Waals surface area contributed by atoms with E-state index >= 15 is 0 Å². The molecule has 3 rings (SSSR count). The molecule has 0 aliphatic carbocycles. The van der Waals surface area contributed by atoms with E-state index in [1.807, 2.05) is 0 Å². The molecule has 0 aliphatic heterocycles. The van der Waals surface area contributed by atoms with Gasteiger partial charge in [-0.2, -0.15) is 0 Å². The number of aromatic hydroxyl groups is 2. The van der Waals surface area contributed by atoms with Crippen LogP contribution in [0.4, 0.5) is 0 Å². The topological polar surface area (TPSA) is 97.0 Å². The summed E-state index contributed by atoms with van der Waals surface area (Å²) in [7, 11) is 0. The van der Waals surface area contributed by atoms with Gasteiger partial charge in [0.2, 0.25) is 0 Å². The van der Waals surface area contributed by atoms with Crippen LogP contribution in [0.25, 0.3) is 11.0 Å². The molecule has 0 radical (unpaired) electrons. The smallest absolute Gasteiger partial charge is 0.343 e. The van der Waals surface area contributed by atoms with Gasteiger partial charge < -0.3 is 19.4 Å². The fraction of sp³-hybridized carbons (Fsp3) is 0.0588. The highest BCUT2D eigenvalue weighted by Crippen LogP contribution is 2.27. The first-order valence-electron chi connectivity index (χ1n) is 6.86. The van der Waals surface area contributed by atoms with Crippen LogP contribution in [0.1, 0.15) is 15.9 Å². The minimum absolute atomic E-state index is 0.0548. The third-order valence-corrected chi connectivity index (χ3v) is 3.68. The molecule has 3 aromatic rings. The second kappa shape index (κ2) is 6.25. The second-order valence-electron chi connectivity index (χ2n) is 4.98. The van der Waals surface area contributed by atoms with Crippen LogP contribution in [-0.4, -0.2) is 16.2 Å². The Balaban J connectivity index is 1.91. The highest BCUT2D eigenvalue weighted by molar-refractivity contribution is 6.34. The van der Waals surface area contributed by atoms with Crippen molar-refractivity contribution in [1.29, 1.82) is 0 Å². The van der Waals surface area contributed by atoms with Crippen LogP contribution >= 0.6 is 11.6 Å². The zero-order valence-electron chi connectivity index (χ0n) is 12.2. The van der Waals surface area contributed by atoms with Gasteiger partial charge in [0.1, 0.15) is 29.3 Å². The van der Waals surface area contributed by atoms with Crippen molar-refractivity contribution in [3.05, 3.63) is 69.0 Å². The van der Waals surface area contributed by atoms with E-state index in [-0.39, 0.29) is 34.3 Å². The Kier molecular flexibility index (Phi) is 4.14. The predicted molar refractivity (Wildman–Crippen MR) is 86.4 cm³/mol. The molecule has 7 heteroatoms. The molecule has 6 nitrogen and oxygen atoms in total. The van der Waals surface area contributed by atoms with E-state index in [0.29, 0.717) is 10.9 Å². The maximum atomic E-state index is 12.1. The molecule has 0 unspecified atom stereocenters. The molecule has 0 spiro atoms. The van der Waals surface area contributed by atoms with Crippen LogP contribution in [0.2, 0.25) is 5.02 Å². The second-order valence-corrected chi connectivity index (χ2v) is 5.39. The predicted octanol–water partition coefficient (Wildman–Crippen LogP) is 3.21. The Bertz CT molecular complexity index is 972. The van der Waals surface area contributed by atoms with Gasteiger partial charge in [-0.25, -0.2) is 9.59 Å². The van der Waals surface area contributed by atoms with Gasteiger partial charge in [-0.3, -0.25) is 0 Å². The summed E-state index contributed by atoms with van der Waals surface area (Å²) in [5.41, 5.74) is -0.209. The van der Waals surface area contributed by atoms with Crippen molar-refractivity contribution in [2.75, 3.05) is 0 Å².